The first-order chi connectivity index (χ1) is 23.0. The first-order valence-electron chi connectivity index (χ1n) is 20.4. The van der Waals surface area contributed by atoms with Gasteiger partial charge in [-0.25, -0.2) is 0 Å². The number of hydrogen-bond donors (Lipinski definition) is 0. The van der Waals surface area contributed by atoms with E-state index in [1.807, 2.05) is 0 Å². The van der Waals surface area contributed by atoms with Crippen molar-refractivity contribution in [3.8, 4) is 0 Å². The van der Waals surface area contributed by atoms with Crippen molar-refractivity contribution >= 4 is 16.9 Å². The summed E-state index contributed by atoms with van der Waals surface area (Å²) in [4.78, 5) is 15.0. The van der Waals surface area contributed by atoms with Crippen molar-refractivity contribution in [3.63, 3.8) is 0 Å². The molecule has 0 aliphatic heterocycles. The van der Waals surface area contributed by atoms with E-state index in [1.54, 1.807) is 11.8 Å². The van der Waals surface area contributed by atoms with Crippen molar-refractivity contribution in [1.29, 1.82) is 0 Å². The van der Waals surface area contributed by atoms with E-state index < -0.39 is 0 Å². The zero-order chi connectivity index (χ0) is 34.5. The molecule has 0 fully saturated rings. The van der Waals surface area contributed by atoms with Crippen LogP contribution in [0.15, 0.2) is 48.6 Å². The molecular formula is C44H81NOS. The molecule has 0 saturated heterocycles. The molecule has 0 spiro atoms. The Morgan fingerprint density at radius 2 is 0.936 bits per heavy atom. The quantitative estimate of drug-likeness (QED) is 0.0494. The van der Waals surface area contributed by atoms with E-state index in [9.17, 15) is 4.79 Å². The Labute approximate surface area is 300 Å². The molecular weight excluding hydrogens is 591 g/mol. The van der Waals surface area contributed by atoms with E-state index in [-0.39, 0.29) is 0 Å². The van der Waals surface area contributed by atoms with Crippen molar-refractivity contribution in [2.45, 2.75) is 199 Å². The highest BCUT2D eigenvalue weighted by Gasteiger charge is 2.21. The maximum absolute atomic E-state index is 12.9. The Morgan fingerprint density at radius 3 is 1.38 bits per heavy atom. The summed E-state index contributed by atoms with van der Waals surface area (Å²) in [5.74, 6) is 0.633. The predicted octanol–water partition coefficient (Wildman–Crippen LogP) is 14.6. The molecule has 2 nitrogen and oxygen atoms in total. The van der Waals surface area contributed by atoms with E-state index in [1.165, 1.54) is 148 Å². The van der Waals surface area contributed by atoms with Crippen LogP contribution < -0.4 is 0 Å². The third-order valence-electron chi connectivity index (χ3n) is 9.20. The first kappa shape index (κ1) is 45.9. The van der Waals surface area contributed by atoms with E-state index in [0.29, 0.717) is 16.3 Å². The summed E-state index contributed by atoms with van der Waals surface area (Å²) in [7, 11) is 4.19. The number of unbranched alkanes of at least 4 members (excludes halogenated alkanes) is 17. The van der Waals surface area contributed by atoms with Crippen LogP contribution >= 0.6 is 11.8 Å². The highest BCUT2D eigenvalue weighted by atomic mass is 32.2. The Kier molecular flexibility index (Phi) is 36.9. The lowest BCUT2D eigenvalue weighted by Gasteiger charge is -2.23. The molecule has 2 atom stereocenters. The highest BCUT2D eigenvalue weighted by molar-refractivity contribution is 8.14. The molecule has 0 aromatic rings. The van der Waals surface area contributed by atoms with Crippen LogP contribution in [0.1, 0.15) is 194 Å². The van der Waals surface area contributed by atoms with E-state index in [2.05, 4.69) is 88.4 Å². The fourth-order valence-corrected chi connectivity index (χ4v) is 7.28. The standard InChI is InChI=1S/C44H81NOS/c1-6-8-10-12-14-16-18-20-22-24-26-28-30-32-34-36-39-43(47-44(46)40-37-41-45(4)5)42(3)38-35-33-31-29-27-25-23-21-19-17-15-13-11-9-7-2/h14-17,20-23,42-43H,6-13,18-19,24-41H2,1-5H3/b16-14-,17-15-,22-20-,23-21-. The van der Waals surface area contributed by atoms with Gasteiger partial charge in [0.2, 0.25) is 0 Å². The fraction of sp³-hybridized carbons (Fsp3) is 0.795. The average Bonchev–Trinajstić information content (AvgIpc) is 3.05. The minimum absolute atomic E-state index is 0.420. The van der Waals surface area contributed by atoms with Gasteiger partial charge in [-0.3, -0.25) is 4.79 Å². The number of carbonyl (C=O) groups is 1. The van der Waals surface area contributed by atoms with Gasteiger partial charge in [-0.15, -0.1) is 0 Å². The summed E-state index contributed by atoms with van der Waals surface area (Å²) in [5, 5.41) is 0.919. The second kappa shape index (κ2) is 37.8. The van der Waals surface area contributed by atoms with E-state index >= 15 is 0 Å². The minimum Gasteiger partial charge on any atom is -0.309 e. The molecule has 0 rings (SSSR count). The Balaban J connectivity index is 4.16. The molecule has 0 aliphatic rings. The van der Waals surface area contributed by atoms with Crippen LogP contribution in [0.4, 0.5) is 0 Å². The lowest BCUT2D eigenvalue weighted by Crippen LogP contribution is -2.18. The number of carbonyl (C=O) groups excluding carboxylic acids is 1. The van der Waals surface area contributed by atoms with Crippen molar-refractivity contribution in [3.05, 3.63) is 48.6 Å². The summed E-state index contributed by atoms with van der Waals surface area (Å²) in [6.45, 7) is 7.96. The zero-order valence-corrected chi connectivity index (χ0v) is 33.2. The number of allylic oxidation sites excluding steroid dienone is 8. The summed E-state index contributed by atoms with van der Waals surface area (Å²) in [6.07, 6.45) is 52.7. The number of hydrogen-bond acceptors (Lipinski definition) is 3. The molecule has 0 N–H and O–H groups in total. The van der Waals surface area contributed by atoms with Gasteiger partial charge in [-0.05, 0) is 110 Å². The molecule has 0 aromatic carbocycles. The van der Waals surface area contributed by atoms with Crippen LogP contribution in [0.25, 0.3) is 0 Å². The zero-order valence-electron chi connectivity index (χ0n) is 32.3. The minimum atomic E-state index is 0.420. The normalized spacial score (nSPS) is 13.7. The van der Waals surface area contributed by atoms with Crippen LogP contribution in [0.5, 0.6) is 0 Å². The Bertz CT molecular complexity index is 767. The molecule has 0 bridgehead atoms. The lowest BCUT2D eigenvalue weighted by molar-refractivity contribution is -0.111. The monoisotopic (exact) mass is 672 g/mol. The molecule has 3 heteroatoms. The summed E-state index contributed by atoms with van der Waals surface area (Å²) in [5.41, 5.74) is 0. The fourth-order valence-electron chi connectivity index (χ4n) is 6.02. The average molecular weight is 672 g/mol. The van der Waals surface area contributed by atoms with Gasteiger partial charge >= 0.3 is 0 Å². The number of nitrogens with zero attached hydrogens (tertiary/aromatic N) is 1. The van der Waals surface area contributed by atoms with Gasteiger partial charge in [0.15, 0.2) is 5.12 Å². The predicted molar refractivity (Wildman–Crippen MR) is 217 cm³/mol. The molecule has 274 valence electrons. The molecule has 0 amide bonds. The number of thioether (sulfide) groups is 1. The molecule has 2 unspecified atom stereocenters. The summed E-state index contributed by atoms with van der Waals surface area (Å²) < 4.78 is 0. The largest absolute Gasteiger partial charge is 0.309 e. The van der Waals surface area contributed by atoms with Crippen LogP contribution in [0.2, 0.25) is 0 Å². The third-order valence-corrected chi connectivity index (χ3v) is 10.7. The van der Waals surface area contributed by atoms with Gasteiger partial charge in [-0.2, -0.15) is 0 Å². The molecule has 0 heterocycles. The van der Waals surface area contributed by atoms with Crippen molar-refractivity contribution < 1.29 is 4.79 Å². The number of rotatable bonds is 35. The molecule has 0 saturated carbocycles. The van der Waals surface area contributed by atoms with Gasteiger partial charge in [0.05, 0.1) is 0 Å². The van der Waals surface area contributed by atoms with Gasteiger partial charge in [-0.1, -0.05) is 165 Å². The summed E-state index contributed by atoms with van der Waals surface area (Å²) in [6, 6.07) is 0. The first-order valence-corrected chi connectivity index (χ1v) is 21.3. The maximum Gasteiger partial charge on any atom is 0.189 e. The van der Waals surface area contributed by atoms with Gasteiger partial charge in [0.25, 0.3) is 0 Å². The van der Waals surface area contributed by atoms with E-state index in [4.69, 9.17) is 0 Å². The topological polar surface area (TPSA) is 20.3 Å². The van der Waals surface area contributed by atoms with Crippen LogP contribution in [0.3, 0.4) is 0 Å². The highest BCUT2D eigenvalue weighted by Crippen LogP contribution is 2.31. The molecule has 47 heavy (non-hydrogen) atoms. The van der Waals surface area contributed by atoms with Crippen molar-refractivity contribution in [2.75, 3.05) is 20.6 Å². The Morgan fingerprint density at radius 1 is 0.532 bits per heavy atom. The van der Waals surface area contributed by atoms with E-state index in [0.717, 1.165) is 32.2 Å². The third kappa shape index (κ3) is 36.1. The smallest absolute Gasteiger partial charge is 0.189 e. The summed E-state index contributed by atoms with van der Waals surface area (Å²) >= 11 is 1.70. The molecule has 0 aromatic heterocycles. The van der Waals surface area contributed by atoms with Crippen molar-refractivity contribution in [1.82, 2.24) is 4.90 Å². The van der Waals surface area contributed by atoms with Crippen molar-refractivity contribution in [2.24, 2.45) is 5.92 Å². The second-order valence-electron chi connectivity index (χ2n) is 14.3. The van der Waals surface area contributed by atoms with Gasteiger partial charge < -0.3 is 4.90 Å². The van der Waals surface area contributed by atoms with Crippen LogP contribution in [-0.2, 0) is 4.79 Å². The Hall–Kier alpha value is -1.06. The SMILES string of the molecule is CCCCC/C=C\C/C=C\CCCCCCCCC(SC(=O)CCCN(C)C)C(C)CCCCCCC/C=C\C/C=C\CCCCC. The molecule has 0 radical (unpaired) electrons. The van der Waals surface area contributed by atoms with Gasteiger partial charge in [0, 0.05) is 11.7 Å². The molecule has 0 aliphatic carbocycles. The lowest BCUT2D eigenvalue weighted by atomic mass is 9.95. The van der Waals surface area contributed by atoms with Crippen LogP contribution in [0, 0.1) is 5.92 Å². The maximum atomic E-state index is 12.9. The van der Waals surface area contributed by atoms with Crippen LogP contribution in [-0.4, -0.2) is 35.9 Å². The second-order valence-corrected chi connectivity index (χ2v) is 15.6. The van der Waals surface area contributed by atoms with Gasteiger partial charge in [0.1, 0.15) is 0 Å².